The monoisotopic (exact) mass is 455 g/mol. The third-order valence-corrected chi connectivity index (χ3v) is 6.37. The molecule has 7 heteroatoms. The van der Waals surface area contributed by atoms with Crippen LogP contribution >= 0.6 is 0 Å². The fourth-order valence-corrected chi connectivity index (χ4v) is 4.54. The van der Waals surface area contributed by atoms with Gasteiger partial charge in [0, 0.05) is 22.9 Å². The predicted molar refractivity (Wildman–Crippen MR) is 123 cm³/mol. The van der Waals surface area contributed by atoms with E-state index in [2.05, 4.69) is 5.32 Å². The summed E-state index contributed by atoms with van der Waals surface area (Å²) in [6.07, 6.45) is 0.909. The third kappa shape index (κ3) is 4.82. The van der Waals surface area contributed by atoms with Gasteiger partial charge in [-0.3, -0.25) is 9.59 Å². The molecule has 1 aliphatic heterocycles. The lowest BCUT2D eigenvalue weighted by molar-refractivity contribution is -0.151. The molecule has 2 aliphatic rings. The van der Waals surface area contributed by atoms with E-state index in [9.17, 15) is 14.4 Å². The average Bonchev–Trinajstić information content (AvgIpc) is 2.78. The van der Waals surface area contributed by atoms with Crippen molar-refractivity contribution in [2.24, 2.45) is 11.8 Å². The van der Waals surface area contributed by atoms with Crippen molar-refractivity contribution in [3.63, 3.8) is 0 Å². The Morgan fingerprint density at radius 1 is 1.18 bits per heavy atom. The maximum absolute atomic E-state index is 13.7. The summed E-state index contributed by atoms with van der Waals surface area (Å²) < 4.78 is 16.2. The van der Waals surface area contributed by atoms with Crippen molar-refractivity contribution in [2.45, 2.75) is 59.5 Å². The zero-order chi connectivity index (χ0) is 24.3. The first kappa shape index (κ1) is 24.6. The Hall–Kier alpha value is -3.09. The largest absolute Gasteiger partial charge is 0.494 e. The van der Waals surface area contributed by atoms with Crippen LogP contribution in [0.4, 0.5) is 0 Å². The van der Waals surface area contributed by atoms with E-state index in [-0.39, 0.29) is 17.8 Å². The molecule has 0 spiro atoms. The molecule has 1 aromatic rings. The highest BCUT2D eigenvalue weighted by Crippen LogP contribution is 2.45. The minimum atomic E-state index is -0.911. The number of allylic oxidation sites excluding steroid dienone is 3. The Bertz CT molecular complexity index is 991. The van der Waals surface area contributed by atoms with E-state index in [1.165, 1.54) is 7.11 Å². The second kappa shape index (κ2) is 10.2. The van der Waals surface area contributed by atoms with Crippen LogP contribution in [0.3, 0.4) is 0 Å². The van der Waals surface area contributed by atoms with Gasteiger partial charge in [0.05, 0.1) is 25.4 Å². The summed E-state index contributed by atoms with van der Waals surface area (Å²) in [7, 11) is 1.29. The van der Waals surface area contributed by atoms with E-state index in [1.807, 2.05) is 58.9 Å². The Morgan fingerprint density at radius 2 is 1.85 bits per heavy atom. The van der Waals surface area contributed by atoms with E-state index in [0.29, 0.717) is 42.0 Å². The quantitative estimate of drug-likeness (QED) is 0.490. The van der Waals surface area contributed by atoms with Crippen LogP contribution in [0.25, 0.3) is 0 Å². The van der Waals surface area contributed by atoms with E-state index in [4.69, 9.17) is 14.2 Å². The minimum Gasteiger partial charge on any atom is -0.494 e. The number of methoxy groups -OCH3 is 1. The van der Waals surface area contributed by atoms with Crippen LogP contribution in [0, 0.1) is 11.8 Å². The number of carbonyl (C=O) groups is 3. The van der Waals surface area contributed by atoms with Crippen molar-refractivity contribution in [3.8, 4) is 5.75 Å². The number of benzene rings is 1. The molecule has 178 valence electrons. The van der Waals surface area contributed by atoms with Gasteiger partial charge in [0.25, 0.3) is 0 Å². The fourth-order valence-electron chi connectivity index (χ4n) is 4.54. The molecule has 0 unspecified atom stereocenters. The van der Waals surface area contributed by atoms with E-state index < -0.39 is 23.8 Å². The third-order valence-electron chi connectivity index (χ3n) is 6.37. The van der Waals surface area contributed by atoms with Crippen LogP contribution in [0.1, 0.15) is 58.9 Å². The highest BCUT2D eigenvalue weighted by atomic mass is 16.5. The summed E-state index contributed by atoms with van der Waals surface area (Å²) in [5.74, 6) is -2.43. The van der Waals surface area contributed by atoms with Gasteiger partial charge in [-0.25, -0.2) is 4.79 Å². The second-order valence-electron chi connectivity index (χ2n) is 8.66. The molecular weight excluding hydrogens is 422 g/mol. The van der Waals surface area contributed by atoms with Gasteiger partial charge >= 0.3 is 11.9 Å². The zero-order valence-electron chi connectivity index (χ0n) is 20.2. The van der Waals surface area contributed by atoms with Crippen LogP contribution in [0.5, 0.6) is 5.75 Å². The first-order valence-electron chi connectivity index (χ1n) is 11.5. The van der Waals surface area contributed by atoms with Gasteiger partial charge in [-0.05, 0) is 57.2 Å². The molecule has 0 saturated carbocycles. The smallest absolute Gasteiger partial charge is 0.337 e. The van der Waals surface area contributed by atoms with Gasteiger partial charge in [0.15, 0.2) is 5.78 Å². The Kier molecular flexibility index (Phi) is 7.61. The summed E-state index contributed by atoms with van der Waals surface area (Å²) in [6, 6.07) is 7.35. The second-order valence-corrected chi connectivity index (χ2v) is 8.66. The average molecular weight is 456 g/mol. The van der Waals surface area contributed by atoms with E-state index in [0.717, 1.165) is 11.3 Å². The number of rotatable bonds is 7. The number of nitrogens with one attached hydrogen (secondary N) is 1. The lowest BCUT2D eigenvalue weighted by atomic mass is 9.69. The number of ketones is 1. The fraction of sp³-hybridized carbons (Fsp3) is 0.500. The number of Topliss-reactive ketones (excluding diaryl/α,β-unsaturated/α-hetero) is 1. The maximum Gasteiger partial charge on any atom is 0.337 e. The lowest BCUT2D eigenvalue weighted by Crippen LogP contribution is -2.43. The molecule has 4 atom stereocenters. The van der Waals surface area contributed by atoms with Gasteiger partial charge in [0.1, 0.15) is 11.7 Å². The van der Waals surface area contributed by atoms with Crippen molar-refractivity contribution < 1.29 is 28.6 Å². The standard InChI is InChI=1S/C26H33NO6/c1-7-15(4)33-26(30)21-16(5)27-19-13-14(3)20(25(29)31-6)24(28)23(19)22(21)17-9-11-18(12-10-17)32-8-2/h9-12,14-15,20,22,27H,7-8,13H2,1-6H3/t14-,15+,20-,22-/m0/s1. The maximum atomic E-state index is 13.7. The van der Waals surface area contributed by atoms with Crippen molar-refractivity contribution in [1.82, 2.24) is 5.32 Å². The molecule has 1 aromatic carbocycles. The Balaban J connectivity index is 2.14. The molecule has 1 aliphatic carbocycles. The summed E-state index contributed by atoms with van der Waals surface area (Å²) in [5, 5.41) is 3.27. The summed E-state index contributed by atoms with van der Waals surface area (Å²) in [5.41, 5.74) is 2.95. The molecule has 3 rings (SSSR count). The molecule has 0 radical (unpaired) electrons. The van der Waals surface area contributed by atoms with Crippen LogP contribution in [0.2, 0.25) is 0 Å². The van der Waals surface area contributed by atoms with Crippen LogP contribution in [-0.4, -0.2) is 37.5 Å². The predicted octanol–water partition coefficient (Wildman–Crippen LogP) is 4.04. The molecule has 1 N–H and O–H groups in total. The van der Waals surface area contributed by atoms with E-state index in [1.54, 1.807) is 0 Å². The first-order valence-corrected chi connectivity index (χ1v) is 11.5. The van der Waals surface area contributed by atoms with Crippen molar-refractivity contribution >= 4 is 17.7 Å². The molecule has 0 saturated heterocycles. The highest BCUT2D eigenvalue weighted by Gasteiger charge is 2.47. The van der Waals surface area contributed by atoms with Gasteiger partial charge in [-0.2, -0.15) is 0 Å². The zero-order valence-corrected chi connectivity index (χ0v) is 20.2. The lowest BCUT2D eigenvalue weighted by Gasteiger charge is -2.38. The van der Waals surface area contributed by atoms with E-state index >= 15 is 0 Å². The van der Waals surface area contributed by atoms with Crippen LogP contribution in [0.15, 0.2) is 46.8 Å². The van der Waals surface area contributed by atoms with Gasteiger partial charge in [0.2, 0.25) is 0 Å². The molecule has 0 aromatic heterocycles. The molecule has 0 fully saturated rings. The number of esters is 2. The number of ether oxygens (including phenoxy) is 3. The topological polar surface area (TPSA) is 90.9 Å². The summed E-state index contributed by atoms with van der Waals surface area (Å²) >= 11 is 0. The number of dihydropyridines is 1. The molecule has 0 amide bonds. The van der Waals surface area contributed by atoms with Gasteiger partial charge in [-0.1, -0.05) is 26.0 Å². The molecule has 1 heterocycles. The summed E-state index contributed by atoms with van der Waals surface area (Å²) in [4.78, 5) is 39.4. The van der Waals surface area contributed by atoms with Crippen LogP contribution in [-0.2, 0) is 23.9 Å². The minimum absolute atomic E-state index is 0.224. The van der Waals surface area contributed by atoms with Crippen molar-refractivity contribution in [3.05, 3.63) is 52.4 Å². The molecule has 33 heavy (non-hydrogen) atoms. The van der Waals surface area contributed by atoms with Gasteiger partial charge in [-0.15, -0.1) is 0 Å². The number of carbonyl (C=O) groups excluding carboxylic acids is 3. The SMILES string of the molecule is CCOc1ccc([C@H]2C(C(=O)O[C@H](C)CC)=C(C)NC3=C2C(=O)[C@@H](C(=O)OC)[C@@H](C)C3)cc1. The number of hydrogen-bond acceptors (Lipinski definition) is 7. The summed E-state index contributed by atoms with van der Waals surface area (Å²) in [6.45, 7) is 9.90. The Morgan fingerprint density at radius 3 is 2.42 bits per heavy atom. The van der Waals surface area contributed by atoms with Crippen molar-refractivity contribution in [2.75, 3.05) is 13.7 Å². The highest BCUT2D eigenvalue weighted by molar-refractivity contribution is 6.12. The molecule has 7 nitrogen and oxygen atoms in total. The Labute approximate surface area is 195 Å². The normalized spacial score (nSPS) is 23.5. The van der Waals surface area contributed by atoms with Crippen LogP contribution < -0.4 is 10.1 Å². The first-order chi connectivity index (χ1) is 15.7. The van der Waals surface area contributed by atoms with Gasteiger partial charge < -0.3 is 19.5 Å². The number of hydrogen-bond donors (Lipinski definition) is 1. The van der Waals surface area contributed by atoms with Crippen molar-refractivity contribution in [1.29, 1.82) is 0 Å². The molecule has 0 bridgehead atoms. The molecular formula is C26H33NO6.